The van der Waals surface area contributed by atoms with Crippen molar-refractivity contribution >= 4 is 6.09 Å². The zero-order valence-electron chi connectivity index (χ0n) is 12.0. The SMILES string of the molecule is CC(C)(C)OC(=O)NNC1CCN(CC(F)(F)F)CC1. The van der Waals surface area contributed by atoms with E-state index in [0.717, 1.165) is 0 Å². The minimum absolute atomic E-state index is 0.0352. The third-order valence-corrected chi connectivity index (χ3v) is 2.77. The molecule has 118 valence electrons. The number of carbonyl (C=O) groups is 1. The summed E-state index contributed by atoms with van der Waals surface area (Å²) in [7, 11) is 0. The summed E-state index contributed by atoms with van der Waals surface area (Å²) in [6.45, 7) is 5.09. The molecule has 0 bridgehead atoms. The molecule has 20 heavy (non-hydrogen) atoms. The number of carbonyl (C=O) groups excluding carboxylic acids is 1. The van der Waals surface area contributed by atoms with Gasteiger partial charge in [-0.05, 0) is 33.6 Å². The Balaban J connectivity index is 2.21. The minimum atomic E-state index is -4.16. The van der Waals surface area contributed by atoms with Gasteiger partial charge in [-0.25, -0.2) is 10.2 Å². The van der Waals surface area contributed by atoms with Gasteiger partial charge in [0.25, 0.3) is 0 Å². The molecule has 1 rings (SSSR count). The Morgan fingerprint density at radius 3 is 2.25 bits per heavy atom. The number of hydrogen-bond donors (Lipinski definition) is 2. The van der Waals surface area contributed by atoms with Crippen molar-refractivity contribution in [2.75, 3.05) is 19.6 Å². The Labute approximate surface area is 116 Å². The summed E-state index contributed by atoms with van der Waals surface area (Å²) in [5, 5.41) is 0. The summed E-state index contributed by atoms with van der Waals surface area (Å²) in [5.41, 5.74) is 4.63. The zero-order valence-corrected chi connectivity index (χ0v) is 12.0. The van der Waals surface area contributed by atoms with Crippen molar-refractivity contribution < 1.29 is 22.7 Å². The summed E-state index contributed by atoms with van der Waals surface area (Å²) >= 11 is 0. The van der Waals surface area contributed by atoms with E-state index >= 15 is 0 Å². The number of nitrogens with zero attached hydrogens (tertiary/aromatic N) is 1. The predicted molar refractivity (Wildman–Crippen MR) is 68.0 cm³/mol. The maximum absolute atomic E-state index is 12.2. The second kappa shape index (κ2) is 6.62. The number of likely N-dealkylation sites (tertiary alicyclic amines) is 1. The molecule has 0 spiro atoms. The number of ether oxygens (including phenoxy) is 1. The largest absolute Gasteiger partial charge is 0.443 e. The fourth-order valence-corrected chi connectivity index (χ4v) is 1.95. The molecule has 1 amide bonds. The number of alkyl halides is 3. The average molecular weight is 297 g/mol. The van der Waals surface area contributed by atoms with Crippen LogP contribution in [-0.2, 0) is 4.74 Å². The molecule has 0 aromatic carbocycles. The van der Waals surface area contributed by atoms with Crippen LogP contribution in [0, 0.1) is 0 Å². The van der Waals surface area contributed by atoms with Crippen molar-refractivity contribution in [2.45, 2.75) is 51.4 Å². The van der Waals surface area contributed by atoms with E-state index in [0.29, 0.717) is 25.9 Å². The summed E-state index contributed by atoms with van der Waals surface area (Å²) in [5.74, 6) is 0. The first-order chi connectivity index (χ1) is 9.05. The molecule has 1 aliphatic heterocycles. The lowest BCUT2D eigenvalue weighted by Gasteiger charge is -2.32. The summed E-state index contributed by atoms with van der Waals surface area (Å²) in [6, 6.07) is -0.0352. The standard InChI is InChI=1S/C12H22F3N3O2/c1-11(2,3)20-10(19)17-16-9-4-6-18(7-5-9)8-12(13,14)15/h9,16H,4-8H2,1-3H3,(H,17,19). The maximum atomic E-state index is 12.2. The van der Waals surface area contributed by atoms with Crippen LogP contribution in [0.4, 0.5) is 18.0 Å². The first-order valence-electron chi connectivity index (χ1n) is 6.59. The number of rotatable bonds is 3. The van der Waals surface area contributed by atoms with Crippen molar-refractivity contribution in [3.05, 3.63) is 0 Å². The Bertz CT molecular complexity index is 321. The molecule has 0 saturated carbocycles. The van der Waals surface area contributed by atoms with Gasteiger partial charge in [0.05, 0.1) is 6.54 Å². The van der Waals surface area contributed by atoms with Gasteiger partial charge in [0.2, 0.25) is 0 Å². The van der Waals surface area contributed by atoms with Crippen molar-refractivity contribution in [1.82, 2.24) is 15.8 Å². The first kappa shape index (κ1) is 17.0. The molecule has 0 radical (unpaired) electrons. The lowest BCUT2D eigenvalue weighted by molar-refractivity contribution is -0.148. The molecule has 8 heteroatoms. The van der Waals surface area contributed by atoms with E-state index in [9.17, 15) is 18.0 Å². The van der Waals surface area contributed by atoms with Crippen LogP contribution in [0.15, 0.2) is 0 Å². The van der Waals surface area contributed by atoms with Gasteiger partial charge in [-0.3, -0.25) is 10.3 Å². The highest BCUT2D eigenvalue weighted by molar-refractivity contribution is 5.67. The molecule has 0 atom stereocenters. The lowest BCUT2D eigenvalue weighted by atomic mass is 10.1. The second-order valence-electron chi connectivity index (χ2n) is 5.94. The van der Waals surface area contributed by atoms with Gasteiger partial charge in [0.15, 0.2) is 0 Å². The predicted octanol–water partition coefficient (Wildman–Crippen LogP) is 2.04. The highest BCUT2D eigenvalue weighted by Gasteiger charge is 2.32. The van der Waals surface area contributed by atoms with E-state index < -0.39 is 24.4 Å². The highest BCUT2D eigenvalue weighted by Crippen LogP contribution is 2.19. The van der Waals surface area contributed by atoms with Gasteiger partial charge in [0.1, 0.15) is 5.60 Å². The molecule has 0 aliphatic carbocycles. The van der Waals surface area contributed by atoms with Crippen molar-refractivity contribution in [2.24, 2.45) is 0 Å². The van der Waals surface area contributed by atoms with Crippen LogP contribution in [0.3, 0.4) is 0 Å². The second-order valence-corrected chi connectivity index (χ2v) is 5.94. The third kappa shape index (κ3) is 7.54. The van der Waals surface area contributed by atoms with Gasteiger partial charge in [-0.1, -0.05) is 0 Å². The van der Waals surface area contributed by atoms with Crippen LogP contribution in [0.5, 0.6) is 0 Å². The summed E-state index contributed by atoms with van der Waals surface area (Å²) < 4.78 is 41.7. The molecule has 0 aromatic rings. The Hall–Kier alpha value is -1.02. The summed E-state index contributed by atoms with van der Waals surface area (Å²) in [4.78, 5) is 12.8. The van der Waals surface area contributed by atoms with Gasteiger partial charge in [-0.2, -0.15) is 13.2 Å². The average Bonchev–Trinajstić information content (AvgIpc) is 2.23. The number of halogens is 3. The van der Waals surface area contributed by atoms with Gasteiger partial charge < -0.3 is 4.74 Å². The zero-order chi connectivity index (χ0) is 15.4. The molecule has 0 unspecified atom stereocenters. The smallest absolute Gasteiger partial charge is 0.422 e. The summed E-state index contributed by atoms with van der Waals surface area (Å²) in [6.07, 6.45) is -3.65. The quantitative estimate of drug-likeness (QED) is 0.783. The van der Waals surface area contributed by atoms with E-state index in [4.69, 9.17) is 4.74 Å². The molecule has 1 aliphatic rings. The number of amides is 1. The van der Waals surface area contributed by atoms with Crippen LogP contribution >= 0.6 is 0 Å². The third-order valence-electron chi connectivity index (χ3n) is 2.77. The van der Waals surface area contributed by atoms with E-state index in [2.05, 4.69) is 10.9 Å². The fourth-order valence-electron chi connectivity index (χ4n) is 1.95. The van der Waals surface area contributed by atoms with Crippen molar-refractivity contribution in [3.63, 3.8) is 0 Å². The van der Waals surface area contributed by atoms with E-state index in [1.807, 2.05) is 0 Å². The van der Waals surface area contributed by atoms with Crippen LogP contribution in [0.25, 0.3) is 0 Å². The van der Waals surface area contributed by atoms with E-state index in [-0.39, 0.29) is 6.04 Å². The monoisotopic (exact) mass is 297 g/mol. The fraction of sp³-hybridized carbons (Fsp3) is 0.917. The van der Waals surface area contributed by atoms with Gasteiger partial charge >= 0.3 is 12.3 Å². The number of piperidine rings is 1. The molecular formula is C12H22F3N3O2. The highest BCUT2D eigenvalue weighted by atomic mass is 19.4. The Morgan fingerprint density at radius 1 is 1.25 bits per heavy atom. The van der Waals surface area contributed by atoms with Crippen LogP contribution in [-0.4, -0.2) is 48.4 Å². The van der Waals surface area contributed by atoms with Crippen molar-refractivity contribution in [1.29, 1.82) is 0 Å². The molecule has 5 nitrogen and oxygen atoms in total. The minimum Gasteiger partial charge on any atom is -0.443 e. The van der Waals surface area contributed by atoms with Crippen LogP contribution in [0.2, 0.25) is 0 Å². The molecular weight excluding hydrogens is 275 g/mol. The molecule has 2 N–H and O–H groups in total. The normalized spacial score (nSPS) is 18.9. The van der Waals surface area contributed by atoms with Crippen LogP contribution < -0.4 is 10.9 Å². The number of nitrogens with one attached hydrogen (secondary N) is 2. The first-order valence-corrected chi connectivity index (χ1v) is 6.59. The molecule has 1 fully saturated rings. The topological polar surface area (TPSA) is 53.6 Å². The number of hydrogen-bond acceptors (Lipinski definition) is 4. The molecule has 1 saturated heterocycles. The number of hydrazine groups is 1. The van der Waals surface area contributed by atoms with E-state index in [1.54, 1.807) is 20.8 Å². The Kier molecular flexibility index (Phi) is 5.64. The Morgan fingerprint density at radius 2 is 1.80 bits per heavy atom. The van der Waals surface area contributed by atoms with Crippen molar-refractivity contribution in [3.8, 4) is 0 Å². The molecule has 1 heterocycles. The molecule has 0 aromatic heterocycles. The maximum Gasteiger partial charge on any atom is 0.422 e. The lowest BCUT2D eigenvalue weighted by Crippen LogP contribution is -2.51. The van der Waals surface area contributed by atoms with Gasteiger partial charge in [0, 0.05) is 19.1 Å². The van der Waals surface area contributed by atoms with Gasteiger partial charge in [-0.15, -0.1) is 0 Å². The van der Waals surface area contributed by atoms with E-state index in [1.165, 1.54) is 4.90 Å². The van der Waals surface area contributed by atoms with Crippen LogP contribution in [0.1, 0.15) is 33.6 Å².